The van der Waals surface area contributed by atoms with E-state index in [0.717, 1.165) is 28.6 Å². The van der Waals surface area contributed by atoms with Crippen LogP contribution in [0.15, 0.2) is 36.4 Å². The fourth-order valence-electron chi connectivity index (χ4n) is 6.53. The molecule has 3 aromatic rings. The van der Waals surface area contributed by atoms with E-state index < -0.39 is 66.9 Å². The summed E-state index contributed by atoms with van der Waals surface area (Å²) in [5.41, 5.74) is 1.82. The van der Waals surface area contributed by atoms with Gasteiger partial charge >= 0.3 is 11.9 Å². The summed E-state index contributed by atoms with van der Waals surface area (Å²) >= 11 is 0. The number of carbonyl (C=O) groups excluding carboxylic acids is 1. The molecule has 1 aliphatic heterocycles. The Morgan fingerprint density at radius 1 is 1.13 bits per heavy atom. The molecule has 0 bridgehead atoms. The quantitative estimate of drug-likeness (QED) is 0.0922. The maximum Gasteiger partial charge on any atom is 0.338 e. The zero-order chi connectivity index (χ0) is 33.3. The molecule has 6 N–H and O–H groups in total. The zero-order valence-electron chi connectivity index (χ0n) is 25.1. The van der Waals surface area contributed by atoms with E-state index in [4.69, 9.17) is 9.84 Å². The third-order valence-corrected chi connectivity index (χ3v) is 8.92. The number of aliphatic hydroxyl groups is 3. The van der Waals surface area contributed by atoms with Gasteiger partial charge in [-0.15, -0.1) is 0 Å². The van der Waals surface area contributed by atoms with Crippen LogP contribution in [0, 0.1) is 17.6 Å². The largest absolute Gasteiger partial charge is 0.479 e. The number of para-hydroxylation sites is 1. The predicted molar refractivity (Wildman–Crippen MR) is 158 cm³/mol. The van der Waals surface area contributed by atoms with E-state index in [0.29, 0.717) is 37.8 Å². The maximum absolute atomic E-state index is 15.9. The van der Waals surface area contributed by atoms with Crippen molar-refractivity contribution < 1.29 is 52.3 Å². The topological polar surface area (TPSA) is 155 Å². The van der Waals surface area contributed by atoms with Gasteiger partial charge in [-0.3, -0.25) is 4.90 Å². The van der Waals surface area contributed by atoms with Crippen LogP contribution in [0.5, 0.6) is 0 Å². The number of nitrogens with zero attached hydrogens (tertiary/aromatic N) is 1. The summed E-state index contributed by atoms with van der Waals surface area (Å²) in [6.07, 6.45) is -1.67. The Kier molecular flexibility index (Phi) is 9.92. The smallest absolute Gasteiger partial charge is 0.338 e. The lowest BCUT2D eigenvalue weighted by Crippen LogP contribution is -2.49. The van der Waals surface area contributed by atoms with E-state index in [-0.39, 0.29) is 29.8 Å². The molecule has 14 heteroatoms. The van der Waals surface area contributed by atoms with Crippen molar-refractivity contribution in [2.45, 2.75) is 75.3 Å². The minimum absolute atomic E-state index is 0.0756. The van der Waals surface area contributed by atoms with Crippen molar-refractivity contribution in [1.82, 2.24) is 9.88 Å². The monoisotopic (exact) mass is 651 g/mol. The second-order valence-corrected chi connectivity index (χ2v) is 12.3. The van der Waals surface area contributed by atoms with Crippen molar-refractivity contribution in [2.24, 2.45) is 5.92 Å². The van der Waals surface area contributed by atoms with Gasteiger partial charge in [0.25, 0.3) is 5.92 Å². The summed E-state index contributed by atoms with van der Waals surface area (Å²) in [5, 5.41) is 40.6. The molecule has 0 saturated heterocycles. The Morgan fingerprint density at radius 3 is 2.46 bits per heavy atom. The number of esters is 1. The summed E-state index contributed by atoms with van der Waals surface area (Å²) in [5.74, 6) is -8.03. The molecule has 1 saturated carbocycles. The molecular weight excluding hydrogens is 614 g/mol. The van der Waals surface area contributed by atoms with Crippen molar-refractivity contribution in [1.29, 1.82) is 0 Å². The van der Waals surface area contributed by atoms with Crippen molar-refractivity contribution >= 4 is 28.5 Å². The highest BCUT2D eigenvalue weighted by Crippen LogP contribution is 2.44. The number of carboxylic acids is 1. The van der Waals surface area contributed by atoms with Gasteiger partial charge in [-0.2, -0.15) is 0 Å². The maximum atomic E-state index is 15.9. The van der Waals surface area contributed by atoms with Crippen molar-refractivity contribution in [2.75, 3.05) is 25.1 Å². The first-order valence-corrected chi connectivity index (χ1v) is 15.1. The fraction of sp³-hybridized carbons (Fsp3) is 0.500. The molecule has 1 aliphatic carbocycles. The number of benzene rings is 2. The number of aliphatic hydroxyl groups excluding tert-OH is 3. The first kappa shape index (κ1) is 33.6. The lowest BCUT2D eigenvalue weighted by atomic mass is 9.77. The number of hydrogen-bond acceptors (Lipinski definition) is 8. The second kappa shape index (κ2) is 13.6. The first-order chi connectivity index (χ1) is 21.8. The van der Waals surface area contributed by atoms with Gasteiger partial charge in [0.05, 0.1) is 19.2 Å². The highest BCUT2D eigenvalue weighted by Gasteiger charge is 2.43. The minimum Gasteiger partial charge on any atom is -0.479 e. The number of fused-ring (bicyclic) bond motifs is 3. The van der Waals surface area contributed by atoms with E-state index in [1.165, 1.54) is 4.90 Å². The highest BCUT2D eigenvalue weighted by molar-refractivity contribution is 5.85. The molecule has 10 nitrogen and oxygen atoms in total. The summed E-state index contributed by atoms with van der Waals surface area (Å²) in [4.78, 5) is 26.9. The summed E-state index contributed by atoms with van der Waals surface area (Å²) in [6, 6.07) is 7.88. The Bertz CT molecular complexity index is 1560. The SMILES string of the molecule is C[C@@H]1Cc2c([nH]c3ccccc23)[C@@H](c2c(F)cc(NC3CC(CCCOC(=O)[C@H](O)[C@@H](O)C(=O)O)C3)cc2F)N1CC(F)(F)CO. The molecule has 5 rings (SSSR count). The second-order valence-electron chi connectivity index (χ2n) is 12.3. The van der Waals surface area contributed by atoms with Gasteiger partial charge in [0.2, 0.25) is 0 Å². The number of aliphatic carboxylic acids is 1. The van der Waals surface area contributed by atoms with Crippen LogP contribution in [0.1, 0.15) is 55.5 Å². The van der Waals surface area contributed by atoms with E-state index in [1.54, 1.807) is 6.92 Å². The number of carbonyl (C=O) groups is 2. The molecule has 46 heavy (non-hydrogen) atoms. The standard InChI is InChI=1S/C32H37F4N3O7/c1-16-9-21-20-6-2-3-7-24(20)38-26(21)27(39(16)14-32(35,36)15-40)25-22(33)12-19(13-23(25)34)37-18-10-17(11-18)5-4-8-46-31(45)29(42)28(41)30(43)44/h2-3,6-7,12-13,16-18,27-29,37-38,40-42H,4-5,8-11,14-15H2,1H3,(H,43,44)/t16-,17?,18?,27-,28-,29-/m1/s1. The molecular formula is C32H37F4N3O7. The number of rotatable bonds is 13. The van der Waals surface area contributed by atoms with Gasteiger partial charge in [0, 0.05) is 39.9 Å². The normalized spacial score (nSPS) is 23.0. The van der Waals surface area contributed by atoms with Crippen molar-refractivity contribution in [3.05, 3.63) is 64.9 Å². The molecule has 2 heterocycles. The van der Waals surface area contributed by atoms with Gasteiger partial charge in [-0.1, -0.05) is 18.2 Å². The number of nitrogens with one attached hydrogen (secondary N) is 2. The number of aromatic nitrogens is 1. The molecule has 250 valence electrons. The van der Waals surface area contributed by atoms with Crippen LogP contribution >= 0.6 is 0 Å². The molecule has 4 atom stereocenters. The van der Waals surface area contributed by atoms with Crippen LogP contribution in [0.2, 0.25) is 0 Å². The van der Waals surface area contributed by atoms with Crippen LogP contribution in [-0.2, 0) is 20.7 Å². The van der Waals surface area contributed by atoms with Gasteiger partial charge in [-0.25, -0.2) is 27.2 Å². The lowest BCUT2D eigenvalue weighted by molar-refractivity contribution is -0.169. The van der Waals surface area contributed by atoms with Gasteiger partial charge in [0.1, 0.15) is 18.2 Å². The van der Waals surface area contributed by atoms with Gasteiger partial charge < -0.3 is 35.5 Å². The average Bonchev–Trinajstić information content (AvgIpc) is 3.35. The van der Waals surface area contributed by atoms with Crippen LogP contribution < -0.4 is 5.32 Å². The molecule has 0 unspecified atom stereocenters. The Hall–Kier alpha value is -3.72. The molecule has 0 radical (unpaired) electrons. The highest BCUT2D eigenvalue weighted by atomic mass is 19.3. The van der Waals surface area contributed by atoms with E-state index in [9.17, 15) is 33.7 Å². The van der Waals surface area contributed by atoms with E-state index in [1.807, 2.05) is 24.3 Å². The fourth-order valence-corrected chi connectivity index (χ4v) is 6.53. The number of hydrogen-bond donors (Lipinski definition) is 6. The van der Waals surface area contributed by atoms with Crippen LogP contribution in [-0.4, -0.2) is 92.2 Å². The number of aromatic amines is 1. The van der Waals surface area contributed by atoms with E-state index in [2.05, 4.69) is 10.3 Å². The number of carboxylic acid groups (broad SMARTS) is 1. The van der Waals surface area contributed by atoms with Gasteiger partial charge in [0.15, 0.2) is 12.2 Å². The number of H-pyrrole nitrogens is 1. The Labute approximate surface area is 262 Å². The van der Waals surface area contributed by atoms with Crippen molar-refractivity contribution in [3.63, 3.8) is 0 Å². The van der Waals surface area contributed by atoms with Crippen LogP contribution in [0.25, 0.3) is 10.9 Å². The number of alkyl halides is 2. The Morgan fingerprint density at radius 2 is 1.80 bits per heavy atom. The summed E-state index contributed by atoms with van der Waals surface area (Å²) in [7, 11) is 0. The minimum atomic E-state index is -3.49. The molecule has 0 amide bonds. The average molecular weight is 652 g/mol. The third-order valence-electron chi connectivity index (χ3n) is 8.92. The van der Waals surface area contributed by atoms with Gasteiger partial charge in [-0.05, 0) is 68.7 Å². The predicted octanol–water partition coefficient (Wildman–Crippen LogP) is 3.73. The van der Waals surface area contributed by atoms with Crippen LogP contribution in [0.4, 0.5) is 23.2 Å². The molecule has 0 spiro atoms. The number of ether oxygens (including phenoxy) is 1. The molecule has 1 fully saturated rings. The Balaban J connectivity index is 1.25. The first-order valence-electron chi connectivity index (χ1n) is 15.1. The molecule has 1 aromatic heterocycles. The number of halogens is 4. The summed E-state index contributed by atoms with van der Waals surface area (Å²) in [6.45, 7) is -0.643. The van der Waals surface area contributed by atoms with Crippen molar-refractivity contribution in [3.8, 4) is 0 Å². The van der Waals surface area contributed by atoms with E-state index >= 15 is 8.78 Å². The van der Waals surface area contributed by atoms with Crippen LogP contribution in [0.3, 0.4) is 0 Å². The lowest BCUT2D eigenvalue weighted by Gasteiger charge is -2.42. The third kappa shape index (κ3) is 6.99. The molecule has 2 aromatic carbocycles. The zero-order valence-corrected chi connectivity index (χ0v) is 25.1. The number of anilines is 1. The molecule has 2 aliphatic rings. The summed E-state index contributed by atoms with van der Waals surface area (Å²) < 4.78 is 65.6.